The van der Waals surface area contributed by atoms with Crippen LogP contribution in [0.3, 0.4) is 0 Å². The van der Waals surface area contributed by atoms with Gasteiger partial charge in [0.2, 0.25) is 0 Å². The molecule has 2 aliphatic heterocycles. The summed E-state index contributed by atoms with van der Waals surface area (Å²) >= 11 is 6.15. The molecule has 2 atom stereocenters. The number of hydrogen-bond donors (Lipinski definition) is 1. The van der Waals surface area contributed by atoms with Gasteiger partial charge < -0.3 is 14.7 Å². The van der Waals surface area contributed by atoms with Crippen molar-refractivity contribution in [2.45, 2.75) is 0 Å². The molecule has 0 radical (unpaired) electrons. The van der Waals surface area contributed by atoms with Crippen molar-refractivity contribution in [2.75, 3.05) is 39.3 Å². The number of rotatable bonds is 4. The number of benzene rings is 1. The number of ether oxygens (including phenoxy) is 1. The lowest BCUT2D eigenvalue weighted by Gasteiger charge is -2.19. The van der Waals surface area contributed by atoms with Crippen molar-refractivity contribution >= 4 is 28.6 Å². The SMILES string of the molecule is O=C(O)N1CC2CN(CCOc3ccc4c(Cl)ccnc4c3)CC2C1. The Balaban J connectivity index is 1.29. The fraction of sp³-hybridized carbons (Fsp3) is 0.444. The summed E-state index contributed by atoms with van der Waals surface area (Å²) in [5, 5.41) is 10.7. The number of fused-ring (bicyclic) bond motifs is 2. The normalized spacial score (nSPS) is 23.2. The van der Waals surface area contributed by atoms with E-state index in [4.69, 9.17) is 21.4 Å². The van der Waals surface area contributed by atoms with E-state index < -0.39 is 6.09 Å². The second-order valence-corrected chi connectivity index (χ2v) is 7.19. The maximum absolute atomic E-state index is 11.0. The fourth-order valence-corrected chi connectivity index (χ4v) is 4.12. The molecule has 7 heteroatoms. The molecular formula is C18H20ClN3O3. The quantitative estimate of drug-likeness (QED) is 0.907. The smallest absolute Gasteiger partial charge is 0.407 e. The molecular weight excluding hydrogens is 342 g/mol. The molecule has 3 heterocycles. The van der Waals surface area contributed by atoms with E-state index in [-0.39, 0.29) is 0 Å². The van der Waals surface area contributed by atoms with Crippen molar-refractivity contribution in [3.63, 3.8) is 0 Å². The maximum Gasteiger partial charge on any atom is 0.407 e. The largest absolute Gasteiger partial charge is 0.492 e. The summed E-state index contributed by atoms with van der Waals surface area (Å²) in [6.45, 7) is 4.68. The number of likely N-dealkylation sites (tertiary alicyclic amines) is 2. The van der Waals surface area contributed by atoms with E-state index in [9.17, 15) is 4.79 Å². The van der Waals surface area contributed by atoms with Crippen molar-refractivity contribution in [1.29, 1.82) is 0 Å². The Hall–Kier alpha value is -2.05. The van der Waals surface area contributed by atoms with Crippen LogP contribution in [-0.2, 0) is 0 Å². The molecule has 0 saturated carbocycles. The van der Waals surface area contributed by atoms with Crippen LogP contribution in [0.5, 0.6) is 5.75 Å². The number of halogens is 1. The van der Waals surface area contributed by atoms with Crippen molar-refractivity contribution in [3.8, 4) is 5.75 Å². The van der Waals surface area contributed by atoms with Crippen LogP contribution in [0.15, 0.2) is 30.5 Å². The Morgan fingerprint density at radius 1 is 1.24 bits per heavy atom. The summed E-state index contributed by atoms with van der Waals surface area (Å²) in [5.41, 5.74) is 0.828. The summed E-state index contributed by atoms with van der Waals surface area (Å²) in [6, 6.07) is 7.53. The number of carboxylic acid groups (broad SMARTS) is 1. The standard InChI is InChI=1S/C18H20ClN3O3/c19-16-3-4-20-17-7-14(1-2-15(16)17)25-6-5-21-8-12-10-22(18(23)24)11-13(12)9-21/h1-4,7,12-13H,5-6,8-11H2,(H,23,24). The highest BCUT2D eigenvalue weighted by Gasteiger charge is 2.41. The molecule has 6 nitrogen and oxygen atoms in total. The summed E-state index contributed by atoms with van der Waals surface area (Å²) in [7, 11) is 0. The predicted octanol–water partition coefficient (Wildman–Crippen LogP) is 2.81. The highest BCUT2D eigenvalue weighted by molar-refractivity contribution is 6.35. The molecule has 2 aliphatic rings. The van der Waals surface area contributed by atoms with E-state index in [0.29, 0.717) is 36.6 Å². The second kappa shape index (κ2) is 6.69. The van der Waals surface area contributed by atoms with Gasteiger partial charge in [0.15, 0.2) is 0 Å². The predicted molar refractivity (Wildman–Crippen MR) is 95.3 cm³/mol. The fourth-order valence-electron chi connectivity index (χ4n) is 3.90. The number of hydrogen-bond acceptors (Lipinski definition) is 4. The Labute approximate surface area is 150 Å². The van der Waals surface area contributed by atoms with Crippen LogP contribution in [0, 0.1) is 11.8 Å². The van der Waals surface area contributed by atoms with Crippen LogP contribution in [0.1, 0.15) is 0 Å². The van der Waals surface area contributed by atoms with Gasteiger partial charge in [-0.05, 0) is 30.0 Å². The lowest BCUT2D eigenvalue weighted by molar-refractivity contribution is 0.147. The van der Waals surface area contributed by atoms with E-state index in [1.807, 2.05) is 18.2 Å². The van der Waals surface area contributed by atoms with Crippen molar-refractivity contribution in [1.82, 2.24) is 14.8 Å². The molecule has 2 unspecified atom stereocenters. The summed E-state index contributed by atoms with van der Waals surface area (Å²) < 4.78 is 5.87. The molecule has 132 valence electrons. The van der Waals surface area contributed by atoms with Gasteiger partial charge in [0, 0.05) is 50.4 Å². The Morgan fingerprint density at radius 3 is 2.72 bits per heavy atom. The number of carbonyl (C=O) groups is 1. The van der Waals surface area contributed by atoms with Gasteiger partial charge >= 0.3 is 6.09 Å². The molecule has 1 aromatic carbocycles. The molecule has 25 heavy (non-hydrogen) atoms. The van der Waals surface area contributed by atoms with Crippen molar-refractivity contribution in [3.05, 3.63) is 35.5 Å². The lowest BCUT2D eigenvalue weighted by atomic mass is 10.0. The zero-order valence-electron chi connectivity index (χ0n) is 13.8. The van der Waals surface area contributed by atoms with Gasteiger partial charge in [0.25, 0.3) is 0 Å². The highest BCUT2D eigenvalue weighted by atomic mass is 35.5. The van der Waals surface area contributed by atoms with Crippen LogP contribution >= 0.6 is 11.6 Å². The van der Waals surface area contributed by atoms with E-state index >= 15 is 0 Å². The molecule has 2 saturated heterocycles. The van der Waals surface area contributed by atoms with Crippen LogP contribution < -0.4 is 4.74 Å². The first-order valence-electron chi connectivity index (χ1n) is 8.47. The topological polar surface area (TPSA) is 65.9 Å². The second-order valence-electron chi connectivity index (χ2n) is 6.79. The van der Waals surface area contributed by atoms with Gasteiger partial charge in [0.05, 0.1) is 10.5 Å². The van der Waals surface area contributed by atoms with Gasteiger partial charge in [-0.1, -0.05) is 11.6 Å². The number of aromatic nitrogens is 1. The molecule has 1 amide bonds. The minimum absolute atomic E-state index is 0.461. The van der Waals surface area contributed by atoms with Crippen molar-refractivity contribution in [2.24, 2.45) is 11.8 Å². The van der Waals surface area contributed by atoms with E-state index in [1.165, 1.54) is 4.90 Å². The molecule has 0 bridgehead atoms. The first kappa shape index (κ1) is 16.4. The number of nitrogens with zero attached hydrogens (tertiary/aromatic N) is 3. The van der Waals surface area contributed by atoms with Crippen LogP contribution in [0.2, 0.25) is 5.02 Å². The summed E-state index contributed by atoms with van der Waals surface area (Å²) in [4.78, 5) is 19.3. The molecule has 1 aromatic heterocycles. The monoisotopic (exact) mass is 361 g/mol. The van der Waals surface area contributed by atoms with Gasteiger partial charge in [-0.3, -0.25) is 9.88 Å². The third kappa shape index (κ3) is 3.37. The minimum Gasteiger partial charge on any atom is -0.492 e. The Morgan fingerprint density at radius 2 is 2.00 bits per heavy atom. The van der Waals surface area contributed by atoms with E-state index in [2.05, 4.69) is 9.88 Å². The maximum atomic E-state index is 11.0. The van der Waals surface area contributed by atoms with Gasteiger partial charge in [-0.25, -0.2) is 4.79 Å². The Bertz CT molecular complexity index is 786. The summed E-state index contributed by atoms with van der Waals surface area (Å²) in [5.74, 6) is 1.71. The molecule has 2 aromatic rings. The first-order chi connectivity index (χ1) is 12.1. The average molecular weight is 362 g/mol. The first-order valence-corrected chi connectivity index (χ1v) is 8.85. The van der Waals surface area contributed by atoms with Gasteiger partial charge in [0.1, 0.15) is 12.4 Å². The van der Waals surface area contributed by atoms with E-state index in [1.54, 1.807) is 12.3 Å². The highest BCUT2D eigenvalue weighted by Crippen LogP contribution is 2.31. The molecule has 0 aliphatic carbocycles. The molecule has 1 N–H and O–H groups in total. The average Bonchev–Trinajstić information content (AvgIpc) is 3.14. The van der Waals surface area contributed by atoms with Crippen LogP contribution in [0.25, 0.3) is 10.9 Å². The van der Waals surface area contributed by atoms with Crippen LogP contribution in [-0.4, -0.2) is 65.3 Å². The van der Waals surface area contributed by atoms with Crippen molar-refractivity contribution < 1.29 is 14.6 Å². The lowest BCUT2D eigenvalue weighted by Crippen LogP contribution is -2.33. The zero-order chi connectivity index (χ0) is 17.4. The third-order valence-electron chi connectivity index (χ3n) is 5.17. The third-order valence-corrected chi connectivity index (χ3v) is 5.50. The zero-order valence-corrected chi connectivity index (χ0v) is 14.5. The number of pyridine rings is 1. The number of amides is 1. The minimum atomic E-state index is -0.797. The van der Waals surface area contributed by atoms with E-state index in [0.717, 1.165) is 36.3 Å². The van der Waals surface area contributed by atoms with Crippen LogP contribution in [0.4, 0.5) is 4.79 Å². The van der Waals surface area contributed by atoms with Gasteiger partial charge in [-0.2, -0.15) is 0 Å². The summed E-state index contributed by atoms with van der Waals surface area (Å²) in [6.07, 6.45) is 0.895. The molecule has 2 fully saturated rings. The van der Waals surface area contributed by atoms with Gasteiger partial charge in [-0.15, -0.1) is 0 Å². The molecule has 0 spiro atoms. The Kier molecular flexibility index (Phi) is 4.39. The molecule has 4 rings (SSSR count).